The molecule has 0 aromatic rings. The number of carbonyl (C=O) groups is 3. The first-order valence-corrected chi connectivity index (χ1v) is 26.6. The van der Waals surface area contributed by atoms with Crippen LogP contribution in [0, 0.1) is 0 Å². The Morgan fingerprint density at radius 3 is 1.14 bits per heavy atom. The quantitative estimate of drug-likeness (QED) is 0.0199. The minimum atomic E-state index is -0.806. The summed E-state index contributed by atoms with van der Waals surface area (Å²) in [5.74, 6) is -0.975. The molecule has 0 fully saturated rings. The third kappa shape index (κ3) is 49.6. The Balaban J connectivity index is 4.49. The number of hydrogen-bond donors (Lipinski definition) is 0. The minimum Gasteiger partial charge on any atom is -0.462 e. The van der Waals surface area contributed by atoms with Crippen LogP contribution >= 0.6 is 0 Å². The lowest BCUT2D eigenvalue weighted by Crippen LogP contribution is -2.30. The molecular formula is C58H98O6. The Morgan fingerprint density at radius 2 is 0.672 bits per heavy atom. The lowest BCUT2D eigenvalue weighted by Gasteiger charge is -2.18. The molecule has 64 heavy (non-hydrogen) atoms. The molecule has 0 aliphatic heterocycles. The molecule has 0 spiro atoms. The van der Waals surface area contributed by atoms with Gasteiger partial charge in [0.15, 0.2) is 6.10 Å². The van der Waals surface area contributed by atoms with Crippen LogP contribution in [0.2, 0.25) is 0 Å². The Kier molecular flexibility index (Phi) is 49.4. The minimum absolute atomic E-state index is 0.102. The summed E-state index contributed by atoms with van der Waals surface area (Å²) in [6, 6.07) is 0. The molecule has 0 N–H and O–H groups in total. The van der Waals surface area contributed by atoms with E-state index in [1.807, 2.05) is 0 Å². The summed E-state index contributed by atoms with van der Waals surface area (Å²) in [6.07, 6.45) is 67.1. The molecule has 0 bridgehead atoms. The topological polar surface area (TPSA) is 78.9 Å². The van der Waals surface area contributed by atoms with Crippen molar-refractivity contribution in [3.05, 3.63) is 85.1 Å². The average Bonchev–Trinajstić information content (AvgIpc) is 3.29. The van der Waals surface area contributed by atoms with Crippen molar-refractivity contribution in [1.82, 2.24) is 0 Å². The van der Waals surface area contributed by atoms with Crippen molar-refractivity contribution in [1.29, 1.82) is 0 Å². The summed E-state index contributed by atoms with van der Waals surface area (Å²) in [5.41, 5.74) is 0. The Bertz CT molecular complexity index is 1250. The fourth-order valence-electron chi connectivity index (χ4n) is 7.13. The van der Waals surface area contributed by atoms with Crippen molar-refractivity contribution < 1.29 is 28.6 Å². The maximum absolute atomic E-state index is 12.8. The number of rotatable bonds is 47. The Labute approximate surface area is 395 Å². The van der Waals surface area contributed by atoms with Crippen molar-refractivity contribution in [2.75, 3.05) is 13.2 Å². The first-order valence-electron chi connectivity index (χ1n) is 26.6. The van der Waals surface area contributed by atoms with Gasteiger partial charge in [-0.15, -0.1) is 0 Å². The highest BCUT2D eigenvalue weighted by molar-refractivity contribution is 5.71. The molecule has 6 nitrogen and oxygen atoms in total. The van der Waals surface area contributed by atoms with Crippen LogP contribution in [0.15, 0.2) is 85.1 Å². The van der Waals surface area contributed by atoms with E-state index in [4.69, 9.17) is 14.2 Å². The fourth-order valence-corrected chi connectivity index (χ4v) is 7.13. The molecule has 0 heterocycles. The average molecular weight is 891 g/mol. The molecule has 0 rings (SSSR count). The first-order chi connectivity index (χ1) is 31.5. The van der Waals surface area contributed by atoms with Gasteiger partial charge in [0.05, 0.1) is 0 Å². The summed E-state index contributed by atoms with van der Waals surface area (Å²) >= 11 is 0. The zero-order chi connectivity index (χ0) is 46.5. The van der Waals surface area contributed by atoms with Gasteiger partial charge in [-0.05, 0) is 103 Å². The molecule has 6 heteroatoms. The first kappa shape index (κ1) is 60.6. The van der Waals surface area contributed by atoms with Gasteiger partial charge in [-0.25, -0.2) is 0 Å². The molecule has 366 valence electrons. The van der Waals surface area contributed by atoms with Crippen LogP contribution in [0.1, 0.15) is 245 Å². The van der Waals surface area contributed by atoms with Crippen LogP contribution in [0.3, 0.4) is 0 Å². The van der Waals surface area contributed by atoms with E-state index >= 15 is 0 Å². The van der Waals surface area contributed by atoms with E-state index in [0.29, 0.717) is 19.3 Å². The van der Waals surface area contributed by atoms with Crippen LogP contribution in [-0.4, -0.2) is 37.2 Å². The van der Waals surface area contributed by atoms with Gasteiger partial charge >= 0.3 is 17.9 Å². The molecule has 0 aliphatic rings. The highest BCUT2D eigenvalue weighted by atomic mass is 16.6. The lowest BCUT2D eigenvalue weighted by atomic mass is 10.1. The molecule has 0 saturated heterocycles. The maximum Gasteiger partial charge on any atom is 0.306 e. The van der Waals surface area contributed by atoms with Gasteiger partial charge in [-0.1, -0.05) is 209 Å². The van der Waals surface area contributed by atoms with E-state index in [0.717, 1.165) is 89.9 Å². The van der Waals surface area contributed by atoms with Gasteiger partial charge < -0.3 is 14.2 Å². The molecule has 0 amide bonds. The van der Waals surface area contributed by atoms with Gasteiger partial charge in [-0.3, -0.25) is 14.4 Å². The second-order valence-electron chi connectivity index (χ2n) is 17.4. The summed E-state index contributed by atoms with van der Waals surface area (Å²) in [4.78, 5) is 38.0. The standard InChI is InChI=1S/C58H98O6/c1-4-7-10-13-16-19-22-25-28-29-31-33-36-39-42-45-48-51-57(60)63-54-55(53-62-56(59)50-47-44-41-38-35-32-27-24-21-18-15-12-9-6-3)64-58(61)52-49-46-43-40-37-34-30-26-23-20-17-14-11-8-5-2/h9,12,17-18,20-21,23,25-26,28,31,33,39,42,55H,4-8,10-11,13-16,19,22,24,27,29-30,32,34-38,40-41,43-54H2,1-3H3/b12-9-,20-17-,21-18-,26-23-,28-25-,33-31-,42-39-. The molecule has 0 aromatic carbocycles. The van der Waals surface area contributed by atoms with Gasteiger partial charge in [0, 0.05) is 19.3 Å². The second-order valence-corrected chi connectivity index (χ2v) is 17.4. The molecule has 0 radical (unpaired) electrons. The summed E-state index contributed by atoms with van der Waals surface area (Å²) in [5, 5.41) is 0. The van der Waals surface area contributed by atoms with E-state index in [-0.39, 0.29) is 37.5 Å². The van der Waals surface area contributed by atoms with E-state index in [9.17, 15) is 14.4 Å². The maximum atomic E-state index is 12.8. The van der Waals surface area contributed by atoms with Crippen molar-refractivity contribution in [2.24, 2.45) is 0 Å². The molecule has 0 aromatic heterocycles. The van der Waals surface area contributed by atoms with Gasteiger partial charge in [-0.2, -0.15) is 0 Å². The van der Waals surface area contributed by atoms with Gasteiger partial charge in [0.1, 0.15) is 13.2 Å². The summed E-state index contributed by atoms with van der Waals surface area (Å²) in [6.45, 7) is 6.43. The molecule has 0 saturated carbocycles. The van der Waals surface area contributed by atoms with E-state index < -0.39 is 6.10 Å². The number of hydrogen-bond acceptors (Lipinski definition) is 6. The normalized spacial score (nSPS) is 12.7. The monoisotopic (exact) mass is 891 g/mol. The zero-order valence-corrected chi connectivity index (χ0v) is 41.8. The zero-order valence-electron chi connectivity index (χ0n) is 41.8. The lowest BCUT2D eigenvalue weighted by molar-refractivity contribution is -0.167. The van der Waals surface area contributed by atoms with Crippen molar-refractivity contribution in [2.45, 2.75) is 252 Å². The Morgan fingerprint density at radius 1 is 0.344 bits per heavy atom. The number of allylic oxidation sites excluding steroid dienone is 14. The van der Waals surface area contributed by atoms with Gasteiger partial charge in [0.25, 0.3) is 0 Å². The van der Waals surface area contributed by atoms with E-state index in [1.165, 1.54) is 109 Å². The highest BCUT2D eigenvalue weighted by Crippen LogP contribution is 2.14. The number of unbranched alkanes of at least 4 members (excludes halogenated alkanes) is 23. The van der Waals surface area contributed by atoms with E-state index in [2.05, 4.69) is 106 Å². The van der Waals surface area contributed by atoms with Crippen LogP contribution in [0.25, 0.3) is 0 Å². The van der Waals surface area contributed by atoms with E-state index in [1.54, 1.807) is 0 Å². The predicted molar refractivity (Wildman–Crippen MR) is 274 cm³/mol. The smallest absolute Gasteiger partial charge is 0.306 e. The number of esters is 3. The fraction of sp³-hybridized carbons (Fsp3) is 0.707. The van der Waals surface area contributed by atoms with Crippen LogP contribution in [-0.2, 0) is 28.6 Å². The number of ether oxygens (including phenoxy) is 3. The second kappa shape index (κ2) is 52.2. The third-order valence-electron chi connectivity index (χ3n) is 11.1. The molecule has 0 aliphatic carbocycles. The SMILES string of the molecule is CC/C=C\C/C=C\CCCCCCCCCC(=O)OCC(COC(=O)CCC/C=C\C/C=C\C/C=C\CCCCCCCC)OC(=O)CCCCCCCC/C=C\C=C/CCCCC. The Hall–Kier alpha value is -3.41. The van der Waals surface area contributed by atoms with Crippen LogP contribution in [0.4, 0.5) is 0 Å². The largest absolute Gasteiger partial charge is 0.462 e. The van der Waals surface area contributed by atoms with Crippen LogP contribution < -0.4 is 0 Å². The molecule has 1 unspecified atom stereocenters. The third-order valence-corrected chi connectivity index (χ3v) is 11.1. The molecule has 1 atom stereocenters. The van der Waals surface area contributed by atoms with Gasteiger partial charge in [0.2, 0.25) is 0 Å². The number of carbonyl (C=O) groups excluding carboxylic acids is 3. The molecular weight excluding hydrogens is 793 g/mol. The van der Waals surface area contributed by atoms with Crippen molar-refractivity contribution in [3.8, 4) is 0 Å². The predicted octanol–water partition coefficient (Wildman–Crippen LogP) is 17.6. The van der Waals surface area contributed by atoms with Crippen molar-refractivity contribution in [3.63, 3.8) is 0 Å². The van der Waals surface area contributed by atoms with Crippen molar-refractivity contribution >= 4 is 17.9 Å². The summed E-state index contributed by atoms with van der Waals surface area (Å²) < 4.78 is 16.8. The summed E-state index contributed by atoms with van der Waals surface area (Å²) in [7, 11) is 0. The highest BCUT2D eigenvalue weighted by Gasteiger charge is 2.19. The van der Waals surface area contributed by atoms with Crippen LogP contribution in [0.5, 0.6) is 0 Å².